The highest BCUT2D eigenvalue weighted by Crippen LogP contribution is 2.23. The van der Waals surface area contributed by atoms with E-state index in [4.69, 9.17) is 16.9 Å². The molecule has 2 aromatic rings. The lowest BCUT2D eigenvalue weighted by Crippen LogP contribution is -2.22. The molecule has 1 N–H and O–H groups in total. The van der Waals surface area contributed by atoms with Crippen molar-refractivity contribution in [1.29, 1.82) is 5.26 Å². The van der Waals surface area contributed by atoms with Gasteiger partial charge in [-0.3, -0.25) is 4.79 Å². The van der Waals surface area contributed by atoms with Crippen LogP contribution in [0.15, 0.2) is 41.3 Å². The van der Waals surface area contributed by atoms with Crippen molar-refractivity contribution in [2.45, 2.75) is 13.0 Å². The molecule has 0 aliphatic heterocycles. The van der Waals surface area contributed by atoms with Gasteiger partial charge in [-0.05, 0) is 24.6 Å². The first-order valence-electron chi connectivity index (χ1n) is 5.63. The topological polar surface area (TPSA) is 66.0 Å². The summed E-state index contributed by atoms with van der Waals surface area (Å²) in [6.07, 6.45) is 1.40. The van der Waals surface area contributed by atoms with Gasteiger partial charge in [0.2, 0.25) is 0 Å². The van der Waals surface area contributed by atoms with Gasteiger partial charge in [0.25, 0.3) is 5.56 Å². The van der Waals surface area contributed by atoms with Crippen molar-refractivity contribution in [2.75, 3.05) is 0 Å². The maximum atomic E-state index is 11.8. The van der Waals surface area contributed by atoms with E-state index < -0.39 is 0 Å². The molecular formula is C14H11ClN2O2. The normalized spacial score (nSPS) is 11.8. The van der Waals surface area contributed by atoms with Gasteiger partial charge in [0.1, 0.15) is 5.75 Å². The third kappa shape index (κ3) is 2.61. The standard InChI is InChI=1S/C14H11ClN2O2/c1-9(11-4-2-10(7-16)3-5-11)17-8-12(15)13(18)6-14(17)19/h2-6,8-9,18H,1H3. The Labute approximate surface area is 115 Å². The smallest absolute Gasteiger partial charge is 0.254 e. The number of benzene rings is 1. The summed E-state index contributed by atoms with van der Waals surface area (Å²) in [5.41, 5.74) is 1.11. The van der Waals surface area contributed by atoms with Crippen LogP contribution in [0.3, 0.4) is 0 Å². The second-order valence-corrected chi connectivity index (χ2v) is 4.57. The Kier molecular flexibility index (Phi) is 3.59. The average Bonchev–Trinajstić information content (AvgIpc) is 2.42. The Morgan fingerprint density at radius 1 is 1.37 bits per heavy atom. The molecule has 96 valence electrons. The first-order valence-corrected chi connectivity index (χ1v) is 6.01. The Morgan fingerprint density at radius 2 is 2.00 bits per heavy atom. The average molecular weight is 275 g/mol. The van der Waals surface area contributed by atoms with E-state index in [1.165, 1.54) is 10.8 Å². The summed E-state index contributed by atoms with van der Waals surface area (Å²) < 4.78 is 1.43. The van der Waals surface area contributed by atoms with Crippen LogP contribution in [0.2, 0.25) is 5.02 Å². The van der Waals surface area contributed by atoms with E-state index in [-0.39, 0.29) is 22.4 Å². The van der Waals surface area contributed by atoms with Crippen LogP contribution in [0.4, 0.5) is 0 Å². The van der Waals surface area contributed by atoms with Crippen LogP contribution in [0.5, 0.6) is 5.75 Å². The third-order valence-electron chi connectivity index (χ3n) is 2.95. The van der Waals surface area contributed by atoms with E-state index >= 15 is 0 Å². The van der Waals surface area contributed by atoms with E-state index in [1.807, 2.05) is 13.0 Å². The number of pyridine rings is 1. The molecule has 1 atom stereocenters. The molecule has 0 fully saturated rings. The van der Waals surface area contributed by atoms with Crippen LogP contribution in [0.25, 0.3) is 0 Å². The monoisotopic (exact) mass is 274 g/mol. The van der Waals surface area contributed by atoms with Gasteiger partial charge in [0.05, 0.1) is 22.7 Å². The molecule has 0 amide bonds. The van der Waals surface area contributed by atoms with Crippen LogP contribution < -0.4 is 5.56 Å². The molecular weight excluding hydrogens is 264 g/mol. The molecule has 19 heavy (non-hydrogen) atoms. The number of aromatic nitrogens is 1. The molecule has 1 aromatic carbocycles. The summed E-state index contributed by atoms with van der Waals surface area (Å²) >= 11 is 5.81. The first kappa shape index (κ1) is 13.2. The molecule has 0 saturated heterocycles. The van der Waals surface area contributed by atoms with Gasteiger partial charge in [-0.25, -0.2) is 0 Å². The SMILES string of the molecule is CC(c1ccc(C#N)cc1)n1cc(Cl)c(O)cc1=O. The van der Waals surface area contributed by atoms with Gasteiger partial charge in [0, 0.05) is 12.3 Å². The summed E-state index contributed by atoms with van der Waals surface area (Å²) in [4.78, 5) is 11.8. The molecule has 4 nitrogen and oxygen atoms in total. The fourth-order valence-corrected chi connectivity index (χ4v) is 1.97. The highest BCUT2D eigenvalue weighted by atomic mass is 35.5. The molecule has 1 unspecified atom stereocenters. The zero-order valence-corrected chi connectivity index (χ0v) is 10.9. The fraction of sp³-hybridized carbons (Fsp3) is 0.143. The van der Waals surface area contributed by atoms with E-state index in [9.17, 15) is 9.90 Å². The third-order valence-corrected chi connectivity index (χ3v) is 3.24. The minimum absolute atomic E-state index is 0.125. The van der Waals surface area contributed by atoms with E-state index in [2.05, 4.69) is 0 Å². The van der Waals surface area contributed by atoms with Crippen LogP contribution in [0.1, 0.15) is 24.1 Å². The van der Waals surface area contributed by atoms with E-state index in [0.717, 1.165) is 11.6 Å². The lowest BCUT2D eigenvalue weighted by Gasteiger charge is -2.16. The molecule has 0 saturated carbocycles. The van der Waals surface area contributed by atoms with Gasteiger partial charge in [0.15, 0.2) is 0 Å². The summed E-state index contributed by atoms with van der Waals surface area (Å²) in [7, 11) is 0. The molecule has 0 radical (unpaired) electrons. The zero-order chi connectivity index (χ0) is 14.0. The highest BCUT2D eigenvalue weighted by molar-refractivity contribution is 6.31. The fourth-order valence-electron chi connectivity index (χ4n) is 1.81. The number of hydrogen-bond acceptors (Lipinski definition) is 3. The molecule has 1 aromatic heterocycles. The van der Waals surface area contributed by atoms with Crippen molar-refractivity contribution in [3.8, 4) is 11.8 Å². The lowest BCUT2D eigenvalue weighted by atomic mass is 10.1. The summed E-state index contributed by atoms with van der Waals surface area (Å²) in [6, 6.07) is 9.85. The highest BCUT2D eigenvalue weighted by Gasteiger charge is 2.11. The maximum absolute atomic E-state index is 11.8. The largest absolute Gasteiger partial charge is 0.506 e. The van der Waals surface area contributed by atoms with Gasteiger partial charge in [-0.15, -0.1) is 0 Å². The van der Waals surface area contributed by atoms with Crippen molar-refractivity contribution in [3.05, 3.63) is 63.0 Å². The van der Waals surface area contributed by atoms with Crippen molar-refractivity contribution in [2.24, 2.45) is 0 Å². The Hall–Kier alpha value is -2.25. The van der Waals surface area contributed by atoms with Crippen LogP contribution >= 0.6 is 11.6 Å². The number of halogens is 1. The van der Waals surface area contributed by atoms with Gasteiger partial charge < -0.3 is 9.67 Å². The second-order valence-electron chi connectivity index (χ2n) is 4.16. The summed E-state index contributed by atoms with van der Waals surface area (Å²) in [6.45, 7) is 1.84. The Balaban J connectivity index is 2.44. The molecule has 0 bridgehead atoms. The van der Waals surface area contributed by atoms with E-state index in [0.29, 0.717) is 5.56 Å². The molecule has 0 aliphatic carbocycles. The number of hydrogen-bond donors (Lipinski definition) is 1. The van der Waals surface area contributed by atoms with Crippen LogP contribution in [-0.2, 0) is 0 Å². The van der Waals surface area contributed by atoms with Gasteiger partial charge >= 0.3 is 0 Å². The van der Waals surface area contributed by atoms with Crippen molar-refractivity contribution in [3.63, 3.8) is 0 Å². The molecule has 1 heterocycles. The lowest BCUT2D eigenvalue weighted by molar-refractivity contribution is 0.469. The molecule has 2 rings (SSSR count). The van der Waals surface area contributed by atoms with Gasteiger partial charge in [-0.2, -0.15) is 5.26 Å². The van der Waals surface area contributed by atoms with Crippen molar-refractivity contribution >= 4 is 11.6 Å². The maximum Gasteiger partial charge on any atom is 0.254 e. The zero-order valence-electron chi connectivity index (χ0n) is 10.2. The summed E-state index contributed by atoms with van der Waals surface area (Å²) in [5.74, 6) is -0.227. The predicted octanol–water partition coefficient (Wildman–Crippen LogP) is 2.69. The number of rotatable bonds is 2. The number of aromatic hydroxyl groups is 1. The number of nitriles is 1. The minimum Gasteiger partial charge on any atom is -0.506 e. The molecule has 0 aliphatic rings. The Bertz CT molecular complexity index is 699. The summed E-state index contributed by atoms with van der Waals surface area (Å²) in [5, 5.41) is 18.2. The quantitative estimate of drug-likeness (QED) is 0.915. The Morgan fingerprint density at radius 3 is 2.58 bits per heavy atom. The number of nitrogens with zero attached hydrogens (tertiary/aromatic N) is 2. The van der Waals surface area contributed by atoms with Crippen LogP contribution in [-0.4, -0.2) is 9.67 Å². The van der Waals surface area contributed by atoms with Crippen molar-refractivity contribution in [1.82, 2.24) is 4.57 Å². The van der Waals surface area contributed by atoms with E-state index in [1.54, 1.807) is 24.3 Å². The first-order chi connectivity index (χ1) is 9.02. The predicted molar refractivity (Wildman–Crippen MR) is 72.3 cm³/mol. The molecule has 0 spiro atoms. The van der Waals surface area contributed by atoms with Crippen LogP contribution in [0, 0.1) is 11.3 Å². The molecule has 5 heteroatoms. The van der Waals surface area contributed by atoms with Gasteiger partial charge in [-0.1, -0.05) is 23.7 Å². The second kappa shape index (κ2) is 5.17. The van der Waals surface area contributed by atoms with Crippen molar-refractivity contribution < 1.29 is 5.11 Å². The minimum atomic E-state index is -0.334.